The van der Waals surface area contributed by atoms with Crippen LogP contribution in [0.4, 0.5) is 11.6 Å². The number of rotatable bonds is 3. The first-order chi connectivity index (χ1) is 13.7. The summed E-state index contributed by atoms with van der Waals surface area (Å²) in [6.07, 6.45) is 4.61. The number of nitrogens with one attached hydrogen (secondary N) is 2. The van der Waals surface area contributed by atoms with Crippen molar-refractivity contribution in [2.24, 2.45) is 0 Å². The first kappa shape index (κ1) is 17.4. The van der Waals surface area contributed by atoms with E-state index >= 15 is 0 Å². The van der Waals surface area contributed by atoms with Gasteiger partial charge in [0.25, 0.3) is 0 Å². The van der Waals surface area contributed by atoms with Gasteiger partial charge in [0.05, 0.1) is 18.7 Å². The molecule has 3 heterocycles. The molecule has 28 heavy (non-hydrogen) atoms. The maximum atomic E-state index is 12.9. The predicted octanol–water partition coefficient (Wildman–Crippen LogP) is 1.20. The summed E-state index contributed by atoms with van der Waals surface area (Å²) < 4.78 is 0. The molecule has 3 aliphatic rings. The van der Waals surface area contributed by atoms with E-state index in [0.717, 1.165) is 49.6 Å². The lowest BCUT2D eigenvalue weighted by atomic mass is 10.1. The van der Waals surface area contributed by atoms with Crippen molar-refractivity contribution in [3.05, 3.63) is 47.3 Å². The highest BCUT2D eigenvalue weighted by atomic mass is 16.2. The van der Waals surface area contributed by atoms with Crippen LogP contribution in [0.1, 0.15) is 23.1 Å². The molecule has 1 unspecified atom stereocenters. The molecule has 1 aromatic heterocycles. The van der Waals surface area contributed by atoms with Crippen LogP contribution < -0.4 is 15.5 Å². The second-order valence-electron chi connectivity index (χ2n) is 8.07. The lowest BCUT2D eigenvalue weighted by Gasteiger charge is -2.27. The molecule has 1 atom stereocenters. The molecule has 7 nitrogen and oxygen atoms in total. The number of carbonyl (C=O) groups is 1. The van der Waals surface area contributed by atoms with Crippen LogP contribution >= 0.6 is 0 Å². The molecule has 0 bridgehead atoms. The summed E-state index contributed by atoms with van der Waals surface area (Å²) in [5.41, 5.74) is 3.84. The van der Waals surface area contributed by atoms with Gasteiger partial charge in [-0.05, 0) is 36.9 Å². The maximum Gasteiger partial charge on any atom is 0.242 e. The van der Waals surface area contributed by atoms with E-state index in [2.05, 4.69) is 44.9 Å². The van der Waals surface area contributed by atoms with Crippen LogP contribution in [0.2, 0.25) is 0 Å². The molecule has 7 heteroatoms. The van der Waals surface area contributed by atoms with Gasteiger partial charge >= 0.3 is 0 Å². The van der Waals surface area contributed by atoms with Crippen molar-refractivity contribution in [2.75, 3.05) is 36.9 Å². The Balaban J connectivity index is 1.43. The van der Waals surface area contributed by atoms with Crippen LogP contribution in [-0.2, 0) is 24.2 Å². The largest absolute Gasteiger partial charge is 0.366 e. The van der Waals surface area contributed by atoms with Gasteiger partial charge in [0, 0.05) is 25.7 Å². The maximum absolute atomic E-state index is 12.9. The van der Waals surface area contributed by atoms with Crippen LogP contribution in [-0.4, -0.2) is 59.5 Å². The van der Waals surface area contributed by atoms with Crippen LogP contribution in [0, 0.1) is 0 Å². The molecule has 0 spiro atoms. The lowest BCUT2D eigenvalue weighted by Crippen LogP contribution is -2.43. The van der Waals surface area contributed by atoms with Crippen molar-refractivity contribution < 1.29 is 4.79 Å². The van der Waals surface area contributed by atoms with Gasteiger partial charge < -0.3 is 20.4 Å². The summed E-state index contributed by atoms with van der Waals surface area (Å²) in [5, 5.41) is 7.03. The van der Waals surface area contributed by atoms with Crippen molar-refractivity contribution in [2.45, 2.75) is 37.9 Å². The monoisotopic (exact) mass is 378 g/mol. The van der Waals surface area contributed by atoms with Gasteiger partial charge in [0.1, 0.15) is 18.0 Å². The minimum Gasteiger partial charge on any atom is -0.366 e. The molecule has 1 fully saturated rings. The van der Waals surface area contributed by atoms with E-state index in [1.54, 1.807) is 6.33 Å². The normalized spacial score (nSPS) is 22.2. The van der Waals surface area contributed by atoms with E-state index < -0.39 is 0 Å². The minimum atomic E-state index is 0.161. The second-order valence-corrected chi connectivity index (χ2v) is 8.07. The average Bonchev–Trinajstić information content (AvgIpc) is 3.33. The van der Waals surface area contributed by atoms with E-state index in [4.69, 9.17) is 0 Å². The summed E-state index contributed by atoms with van der Waals surface area (Å²) in [6.45, 7) is 2.75. The first-order valence-corrected chi connectivity index (χ1v) is 10.1. The Kier molecular flexibility index (Phi) is 4.39. The van der Waals surface area contributed by atoms with E-state index in [1.807, 2.05) is 16.8 Å². The average molecular weight is 378 g/mol. The number of fused-ring (bicyclic) bond motifs is 2. The van der Waals surface area contributed by atoms with Crippen molar-refractivity contribution in [1.29, 1.82) is 0 Å². The number of anilines is 2. The molecule has 2 aliphatic heterocycles. The number of carbonyl (C=O) groups excluding carboxylic acids is 1. The van der Waals surface area contributed by atoms with Gasteiger partial charge in [0.15, 0.2) is 0 Å². The van der Waals surface area contributed by atoms with Crippen molar-refractivity contribution in [1.82, 2.24) is 20.2 Å². The Labute approximate surface area is 165 Å². The zero-order valence-electron chi connectivity index (χ0n) is 16.2. The Morgan fingerprint density at radius 2 is 1.93 bits per heavy atom. The molecule has 5 rings (SSSR count). The zero-order valence-corrected chi connectivity index (χ0v) is 16.2. The predicted molar refractivity (Wildman–Crippen MR) is 108 cm³/mol. The molecular formula is C21H26N6O. The smallest absolute Gasteiger partial charge is 0.242 e. The summed E-state index contributed by atoms with van der Waals surface area (Å²) >= 11 is 0. The van der Waals surface area contributed by atoms with Crippen LogP contribution in [0.3, 0.4) is 0 Å². The summed E-state index contributed by atoms with van der Waals surface area (Å²) in [7, 11) is 1.94. The Morgan fingerprint density at radius 1 is 1.14 bits per heavy atom. The molecule has 2 aromatic rings. The number of benzene rings is 1. The number of amides is 1. The third-order valence-corrected chi connectivity index (χ3v) is 6.17. The van der Waals surface area contributed by atoms with Crippen molar-refractivity contribution in [3.63, 3.8) is 0 Å². The standard InChI is InChI=1S/C21H26N6O/c1-26-12-19(28)27(17-6-7-22-10-17)11-18-20(23-13-24-21(18)26)25-16-8-14-4-2-3-5-15(14)9-16/h2-5,13,16-17,22H,6-12H2,1H3,(H,23,24,25). The van der Waals surface area contributed by atoms with Crippen molar-refractivity contribution in [3.8, 4) is 0 Å². The number of likely N-dealkylation sites (N-methyl/N-ethyl adjacent to an activating group) is 1. The van der Waals surface area contributed by atoms with Crippen LogP contribution in [0.25, 0.3) is 0 Å². The number of hydrogen-bond acceptors (Lipinski definition) is 6. The van der Waals surface area contributed by atoms with Gasteiger partial charge in [-0.2, -0.15) is 0 Å². The summed E-state index contributed by atoms with van der Waals surface area (Å²) in [5.74, 6) is 1.88. The van der Waals surface area contributed by atoms with Crippen LogP contribution in [0.5, 0.6) is 0 Å². The third kappa shape index (κ3) is 3.09. The van der Waals surface area contributed by atoms with E-state index in [1.165, 1.54) is 11.1 Å². The molecule has 0 radical (unpaired) electrons. The fourth-order valence-electron chi connectivity index (χ4n) is 4.72. The second kappa shape index (κ2) is 7.05. The van der Waals surface area contributed by atoms with E-state index in [0.29, 0.717) is 19.1 Å². The third-order valence-electron chi connectivity index (χ3n) is 6.17. The van der Waals surface area contributed by atoms with Gasteiger partial charge in [0.2, 0.25) is 5.91 Å². The molecule has 2 N–H and O–H groups in total. The Bertz CT molecular complexity index is 869. The molecule has 1 aliphatic carbocycles. The van der Waals surface area contributed by atoms with Crippen molar-refractivity contribution >= 4 is 17.5 Å². The fraction of sp³-hybridized carbons (Fsp3) is 0.476. The summed E-state index contributed by atoms with van der Waals surface area (Å²) in [4.78, 5) is 25.9. The van der Waals surface area contributed by atoms with Gasteiger partial charge in [-0.3, -0.25) is 4.79 Å². The van der Waals surface area contributed by atoms with Crippen LogP contribution in [0.15, 0.2) is 30.6 Å². The van der Waals surface area contributed by atoms with E-state index in [9.17, 15) is 4.79 Å². The zero-order chi connectivity index (χ0) is 19.1. The highest BCUT2D eigenvalue weighted by Gasteiger charge is 2.33. The summed E-state index contributed by atoms with van der Waals surface area (Å²) in [6, 6.07) is 9.19. The quantitative estimate of drug-likeness (QED) is 0.836. The fourth-order valence-corrected chi connectivity index (χ4v) is 4.72. The lowest BCUT2D eigenvalue weighted by molar-refractivity contribution is -0.132. The van der Waals surface area contributed by atoms with Gasteiger partial charge in [-0.15, -0.1) is 0 Å². The first-order valence-electron chi connectivity index (χ1n) is 10.1. The number of aromatic nitrogens is 2. The molecule has 146 valence electrons. The Morgan fingerprint density at radius 3 is 2.64 bits per heavy atom. The molecule has 1 aromatic carbocycles. The van der Waals surface area contributed by atoms with Gasteiger partial charge in [-0.25, -0.2) is 9.97 Å². The molecular weight excluding hydrogens is 352 g/mol. The SMILES string of the molecule is CN1CC(=O)N(C2CCNC2)Cc2c(NC3Cc4ccccc4C3)ncnc21. The van der Waals surface area contributed by atoms with E-state index in [-0.39, 0.29) is 11.9 Å². The highest BCUT2D eigenvalue weighted by molar-refractivity contribution is 5.84. The molecule has 0 saturated carbocycles. The molecule has 1 saturated heterocycles. The topological polar surface area (TPSA) is 73.4 Å². The molecule has 1 amide bonds. The highest BCUT2D eigenvalue weighted by Crippen LogP contribution is 2.31. The minimum absolute atomic E-state index is 0.161. The number of hydrogen-bond donors (Lipinski definition) is 2. The number of nitrogens with zero attached hydrogens (tertiary/aromatic N) is 4. The Hall–Kier alpha value is -2.67. The van der Waals surface area contributed by atoms with Gasteiger partial charge in [-0.1, -0.05) is 24.3 Å².